The molecule has 0 saturated heterocycles. The summed E-state index contributed by atoms with van der Waals surface area (Å²) in [4.78, 5) is 4.50. The van der Waals surface area contributed by atoms with Crippen LogP contribution >= 0.6 is 34.8 Å². The normalized spacial score (nSPS) is 21.3. The van der Waals surface area contributed by atoms with E-state index in [2.05, 4.69) is 10.3 Å². The van der Waals surface area contributed by atoms with Gasteiger partial charge in [-0.15, -0.1) is 11.6 Å². The number of halogens is 3. The number of aliphatic imine (C=N–C) groups is 1. The number of nitrogens with zero attached hydrogens (tertiary/aromatic N) is 1. The van der Waals surface area contributed by atoms with Crippen LogP contribution in [0.15, 0.2) is 47.5 Å². The van der Waals surface area contributed by atoms with Gasteiger partial charge in [0.15, 0.2) is 5.60 Å². The van der Waals surface area contributed by atoms with E-state index in [1.54, 1.807) is 18.2 Å². The van der Waals surface area contributed by atoms with Crippen LogP contribution in [0.4, 0.5) is 5.69 Å². The van der Waals surface area contributed by atoms with Gasteiger partial charge in [-0.1, -0.05) is 47.5 Å². The summed E-state index contributed by atoms with van der Waals surface area (Å²) in [6, 6.07) is 12.7. The first-order chi connectivity index (χ1) is 11.1. The third kappa shape index (κ3) is 2.94. The van der Waals surface area contributed by atoms with Crippen LogP contribution in [0.2, 0.25) is 10.0 Å². The first kappa shape index (κ1) is 16.6. The second kappa shape index (κ2) is 6.70. The number of anilines is 1. The van der Waals surface area contributed by atoms with Gasteiger partial charge >= 0.3 is 0 Å². The summed E-state index contributed by atoms with van der Waals surface area (Å²) in [6.07, 6.45) is 0.737. The Morgan fingerprint density at radius 1 is 1.09 bits per heavy atom. The molecule has 2 aromatic carbocycles. The van der Waals surface area contributed by atoms with E-state index in [4.69, 9.17) is 34.8 Å². The minimum Gasteiger partial charge on any atom is -0.373 e. The second-order valence-corrected chi connectivity index (χ2v) is 6.48. The Hall–Kier alpha value is -1.26. The van der Waals surface area contributed by atoms with Gasteiger partial charge in [0, 0.05) is 23.7 Å². The van der Waals surface area contributed by atoms with Crippen LogP contribution in [0.1, 0.15) is 17.5 Å². The number of alkyl halides is 1. The quantitative estimate of drug-likeness (QED) is 0.607. The number of hydrogen-bond donors (Lipinski definition) is 2. The van der Waals surface area contributed by atoms with Crippen LogP contribution in [0.25, 0.3) is 0 Å². The largest absolute Gasteiger partial charge is 0.373 e. The summed E-state index contributed by atoms with van der Waals surface area (Å²) in [5, 5.41) is 15.5. The third-order valence-electron chi connectivity index (χ3n) is 3.81. The standard InChI is InChI=1S/C17H15Cl3N2O/c18-8-3-9-21-16-17(23,11-6-7-13(19)14(20)10-11)12-4-1-2-5-15(12)22-16/h1-2,4-7,10,23H,3,8-9H2,(H,21,22). The summed E-state index contributed by atoms with van der Waals surface area (Å²) in [7, 11) is 0. The fourth-order valence-electron chi connectivity index (χ4n) is 2.67. The van der Waals surface area contributed by atoms with E-state index in [-0.39, 0.29) is 0 Å². The monoisotopic (exact) mass is 368 g/mol. The molecule has 1 heterocycles. The van der Waals surface area contributed by atoms with Crippen molar-refractivity contribution in [2.75, 3.05) is 17.7 Å². The van der Waals surface area contributed by atoms with Crippen molar-refractivity contribution in [2.45, 2.75) is 12.0 Å². The molecule has 0 aliphatic carbocycles. The number of hydrogen-bond acceptors (Lipinski definition) is 2. The minimum absolute atomic E-state index is 0.391. The maximum Gasteiger partial charge on any atom is 0.174 e. The Balaban J connectivity index is 2.13. The van der Waals surface area contributed by atoms with E-state index in [1.165, 1.54) is 0 Å². The highest BCUT2D eigenvalue weighted by Crippen LogP contribution is 2.42. The fraction of sp³-hybridized carbons (Fsp3) is 0.235. The maximum atomic E-state index is 11.5. The summed E-state index contributed by atoms with van der Waals surface area (Å²) in [5.74, 6) is 0.997. The first-order valence-corrected chi connectivity index (χ1v) is 8.51. The van der Waals surface area contributed by atoms with E-state index >= 15 is 0 Å². The van der Waals surface area contributed by atoms with Gasteiger partial charge in [-0.3, -0.25) is 4.99 Å². The molecule has 120 valence electrons. The molecule has 2 aromatic rings. The van der Waals surface area contributed by atoms with Crippen LogP contribution < -0.4 is 5.32 Å². The Labute approximate surface area is 149 Å². The van der Waals surface area contributed by atoms with Gasteiger partial charge in [0.1, 0.15) is 5.84 Å². The molecule has 0 fully saturated rings. The van der Waals surface area contributed by atoms with Crippen LogP contribution in [-0.2, 0) is 5.60 Å². The lowest BCUT2D eigenvalue weighted by Gasteiger charge is -2.25. The number of nitrogens with one attached hydrogen (secondary N) is 1. The summed E-state index contributed by atoms with van der Waals surface area (Å²) < 4.78 is 0. The zero-order valence-corrected chi connectivity index (χ0v) is 14.5. The molecule has 3 nitrogen and oxygen atoms in total. The molecule has 0 saturated carbocycles. The molecule has 1 unspecified atom stereocenters. The van der Waals surface area contributed by atoms with Crippen molar-refractivity contribution < 1.29 is 5.11 Å². The number of amidine groups is 1. The number of benzene rings is 2. The molecular formula is C17H15Cl3N2O. The molecule has 1 atom stereocenters. The third-order valence-corrected chi connectivity index (χ3v) is 4.82. The van der Waals surface area contributed by atoms with Gasteiger partial charge in [-0.05, 0) is 30.2 Å². The zero-order valence-electron chi connectivity index (χ0n) is 12.2. The van der Waals surface area contributed by atoms with E-state index in [1.807, 2.05) is 24.3 Å². The molecule has 0 spiro atoms. The molecule has 6 heteroatoms. The van der Waals surface area contributed by atoms with Gasteiger partial charge in [0.25, 0.3) is 0 Å². The molecule has 1 aliphatic rings. The topological polar surface area (TPSA) is 44.6 Å². The maximum absolute atomic E-state index is 11.5. The van der Waals surface area contributed by atoms with Crippen molar-refractivity contribution in [1.82, 2.24) is 0 Å². The Kier molecular flexibility index (Phi) is 4.83. The smallest absolute Gasteiger partial charge is 0.174 e. The van der Waals surface area contributed by atoms with Crippen molar-refractivity contribution in [2.24, 2.45) is 4.99 Å². The zero-order chi connectivity index (χ0) is 16.4. The van der Waals surface area contributed by atoms with Crippen LogP contribution in [0.3, 0.4) is 0 Å². The molecule has 0 amide bonds. The highest BCUT2D eigenvalue weighted by Gasteiger charge is 2.44. The second-order valence-electron chi connectivity index (χ2n) is 5.28. The first-order valence-electron chi connectivity index (χ1n) is 7.22. The van der Waals surface area contributed by atoms with Gasteiger partial charge < -0.3 is 10.4 Å². The number of fused-ring (bicyclic) bond motifs is 1. The number of rotatable bonds is 4. The van der Waals surface area contributed by atoms with Gasteiger partial charge in [-0.2, -0.15) is 0 Å². The van der Waals surface area contributed by atoms with Gasteiger partial charge in [0.2, 0.25) is 0 Å². The lowest BCUT2D eigenvalue weighted by molar-refractivity contribution is 0.160. The Morgan fingerprint density at radius 2 is 1.87 bits per heavy atom. The summed E-state index contributed by atoms with van der Waals surface area (Å²) in [5.41, 5.74) is 0.805. The number of para-hydroxylation sites is 1. The summed E-state index contributed by atoms with van der Waals surface area (Å²) in [6.45, 7) is 0.531. The average molecular weight is 370 g/mol. The Morgan fingerprint density at radius 3 is 2.61 bits per heavy atom. The lowest BCUT2D eigenvalue weighted by Crippen LogP contribution is -2.36. The van der Waals surface area contributed by atoms with Crippen LogP contribution in [-0.4, -0.2) is 23.4 Å². The fourth-order valence-corrected chi connectivity index (χ4v) is 3.09. The average Bonchev–Trinajstić information content (AvgIpc) is 2.84. The molecule has 2 N–H and O–H groups in total. The van der Waals surface area contributed by atoms with Crippen molar-refractivity contribution >= 4 is 46.3 Å². The molecule has 0 radical (unpaired) electrons. The Bertz CT molecular complexity index is 763. The highest BCUT2D eigenvalue weighted by atomic mass is 35.5. The van der Waals surface area contributed by atoms with Crippen molar-refractivity contribution in [1.29, 1.82) is 0 Å². The van der Waals surface area contributed by atoms with Crippen molar-refractivity contribution in [3.63, 3.8) is 0 Å². The van der Waals surface area contributed by atoms with Crippen molar-refractivity contribution in [3.8, 4) is 0 Å². The molecule has 0 aromatic heterocycles. The highest BCUT2D eigenvalue weighted by molar-refractivity contribution is 6.42. The lowest BCUT2D eigenvalue weighted by atomic mass is 9.87. The predicted molar refractivity (Wildman–Crippen MR) is 97.2 cm³/mol. The van der Waals surface area contributed by atoms with E-state index < -0.39 is 5.60 Å². The van der Waals surface area contributed by atoms with E-state index in [9.17, 15) is 5.11 Å². The van der Waals surface area contributed by atoms with Crippen LogP contribution in [0, 0.1) is 0 Å². The SMILES string of the molecule is OC1(c2ccc(Cl)c(Cl)c2)C(=NCCCCl)Nc2ccccc21. The van der Waals surface area contributed by atoms with Gasteiger partial charge in [0.05, 0.1) is 10.0 Å². The van der Waals surface area contributed by atoms with E-state index in [0.29, 0.717) is 33.9 Å². The molecular weight excluding hydrogens is 355 g/mol. The predicted octanol–water partition coefficient (Wildman–Crippen LogP) is 4.68. The van der Waals surface area contributed by atoms with Crippen molar-refractivity contribution in [3.05, 3.63) is 63.6 Å². The molecule has 3 rings (SSSR count). The molecule has 1 aliphatic heterocycles. The summed E-state index contributed by atoms with van der Waals surface area (Å²) >= 11 is 17.9. The molecule has 0 bridgehead atoms. The van der Waals surface area contributed by atoms with Crippen LogP contribution in [0.5, 0.6) is 0 Å². The number of aliphatic hydroxyl groups is 1. The van der Waals surface area contributed by atoms with E-state index in [0.717, 1.165) is 17.7 Å². The molecule has 23 heavy (non-hydrogen) atoms. The minimum atomic E-state index is -1.38. The van der Waals surface area contributed by atoms with Gasteiger partial charge in [-0.25, -0.2) is 0 Å².